The molecule has 1 N–H and O–H groups in total. The van der Waals surface area contributed by atoms with Gasteiger partial charge >= 0.3 is 0 Å². The number of benzene rings is 2. The van der Waals surface area contributed by atoms with Gasteiger partial charge in [0.1, 0.15) is 19.3 Å². The molecule has 3 rings (SSSR count). The predicted octanol–water partition coefficient (Wildman–Crippen LogP) is 5.42. The molecule has 8 heteroatoms. The van der Waals surface area contributed by atoms with Crippen LogP contribution in [0.25, 0.3) is 0 Å². The van der Waals surface area contributed by atoms with E-state index in [9.17, 15) is 9.59 Å². The van der Waals surface area contributed by atoms with Crippen molar-refractivity contribution in [3.05, 3.63) is 57.6 Å². The standard InChI is InChI=1S/C26H32Cl2N2O4/c1-5-21(25(32)29-26(2,3)4)30(16-18-6-9-19(27)20(28)14-18)24(31)11-8-17-7-10-22-23(15-17)34-13-12-33-22/h6-7,9-10,14-15,21H,5,8,11-13,16H2,1-4H3,(H,29,32). The van der Waals surface area contributed by atoms with E-state index >= 15 is 0 Å². The van der Waals surface area contributed by atoms with Crippen LogP contribution in [-0.2, 0) is 22.6 Å². The normalized spacial score (nSPS) is 13.8. The number of ether oxygens (including phenoxy) is 2. The molecule has 184 valence electrons. The topological polar surface area (TPSA) is 67.9 Å². The van der Waals surface area contributed by atoms with Crippen LogP contribution in [0.2, 0.25) is 10.0 Å². The summed E-state index contributed by atoms with van der Waals surface area (Å²) in [6, 6.07) is 10.4. The van der Waals surface area contributed by atoms with Crippen LogP contribution < -0.4 is 14.8 Å². The molecule has 1 aliphatic heterocycles. The average Bonchev–Trinajstić information content (AvgIpc) is 2.78. The van der Waals surface area contributed by atoms with Crippen LogP contribution in [0.1, 0.15) is 51.7 Å². The molecule has 0 aliphatic carbocycles. The lowest BCUT2D eigenvalue weighted by atomic mass is 10.0. The Bertz CT molecular complexity index is 1040. The SMILES string of the molecule is CCC(C(=O)NC(C)(C)C)N(Cc1ccc(Cl)c(Cl)c1)C(=O)CCc1ccc2c(c1)OCCO2. The van der Waals surface area contributed by atoms with Crippen molar-refractivity contribution in [2.24, 2.45) is 0 Å². The summed E-state index contributed by atoms with van der Waals surface area (Å²) in [5.41, 5.74) is 1.37. The Labute approximate surface area is 211 Å². The molecule has 2 aromatic rings. The summed E-state index contributed by atoms with van der Waals surface area (Å²) in [6.45, 7) is 8.97. The van der Waals surface area contributed by atoms with Crippen molar-refractivity contribution >= 4 is 35.0 Å². The summed E-state index contributed by atoms with van der Waals surface area (Å²) in [7, 11) is 0. The second-order valence-corrected chi connectivity index (χ2v) is 10.2. The van der Waals surface area contributed by atoms with E-state index in [0.29, 0.717) is 47.6 Å². The number of hydrogen-bond donors (Lipinski definition) is 1. The van der Waals surface area contributed by atoms with Crippen LogP contribution in [0, 0.1) is 0 Å². The maximum absolute atomic E-state index is 13.5. The second kappa shape index (κ2) is 11.3. The highest BCUT2D eigenvalue weighted by atomic mass is 35.5. The Morgan fingerprint density at radius 3 is 2.32 bits per heavy atom. The highest BCUT2D eigenvalue weighted by Crippen LogP contribution is 2.31. The summed E-state index contributed by atoms with van der Waals surface area (Å²) in [5, 5.41) is 3.87. The van der Waals surface area contributed by atoms with Gasteiger partial charge in [0.05, 0.1) is 10.0 Å². The molecule has 2 aromatic carbocycles. The van der Waals surface area contributed by atoms with Gasteiger partial charge < -0.3 is 19.7 Å². The minimum Gasteiger partial charge on any atom is -0.486 e. The van der Waals surface area contributed by atoms with E-state index in [-0.39, 0.29) is 24.8 Å². The number of nitrogens with one attached hydrogen (secondary N) is 1. The Hall–Kier alpha value is -2.44. The second-order valence-electron chi connectivity index (χ2n) is 9.41. The maximum Gasteiger partial charge on any atom is 0.243 e. The van der Waals surface area contributed by atoms with Crippen LogP contribution in [0.4, 0.5) is 0 Å². The van der Waals surface area contributed by atoms with Crippen LogP contribution in [0.3, 0.4) is 0 Å². The molecule has 0 aromatic heterocycles. The minimum atomic E-state index is -0.610. The van der Waals surface area contributed by atoms with Gasteiger partial charge in [0.25, 0.3) is 0 Å². The smallest absolute Gasteiger partial charge is 0.243 e. The lowest BCUT2D eigenvalue weighted by Crippen LogP contribution is -2.53. The quantitative estimate of drug-likeness (QED) is 0.518. The average molecular weight is 507 g/mol. The fourth-order valence-electron chi connectivity index (χ4n) is 3.85. The molecule has 6 nitrogen and oxygen atoms in total. The van der Waals surface area contributed by atoms with Crippen LogP contribution >= 0.6 is 23.2 Å². The molecular weight excluding hydrogens is 475 g/mol. The zero-order valence-corrected chi connectivity index (χ0v) is 21.6. The molecule has 0 saturated heterocycles. The molecule has 0 fully saturated rings. The first kappa shape index (κ1) is 26.2. The number of hydrogen-bond acceptors (Lipinski definition) is 4. The van der Waals surface area contributed by atoms with Crippen molar-refractivity contribution in [2.45, 2.75) is 65.1 Å². The van der Waals surface area contributed by atoms with Gasteiger partial charge in [-0.3, -0.25) is 9.59 Å². The Kier molecular flexibility index (Phi) is 8.72. The molecule has 1 heterocycles. The number of rotatable bonds is 8. The van der Waals surface area contributed by atoms with E-state index in [2.05, 4.69) is 5.32 Å². The van der Waals surface area contributed by atoms with Crippen LogP contribution in [0.15, 0.2) is 36.4 Å². The lowest BCUT2D eigenvalue weighted by Gasteiger charge is -2.33. The van der Waals surface area contributed by atoms with Gasteiger partial charge in [0.15, 0.2) is 11.5 Å². The van der Waals surface area contributed by atoms with E-state index in [1.54, 1.807) is 17.0 Å². The van der Waals surface area contributed by atoms with E-state index in [1.165, 1.54) is 0 Å². The van der Waals surface area contributed by atoms with Crippen LogP contribution in [-0.4, -0.2) is 41.5 Å². The van der Waals surface area contributed by atoms with Gasteiger partial charge in [-0.1, -0.05) is 42.3 Å². The fraction of sp³-hybridized carbons (Fsp3) is 0.462. The third-order valence-corrected chi connectivity index (χ3v) is 6.19. The Balaban J connectivity index is 1.80. The van der Waals surface area contributed by atoms with Gasteiger partial charge in [-0.05, 0) is 69.0 Å². The van der Waals surface area contributed by atoms with Crippen molar-refractivity contribution in [1.29, 1.82) is 0 Å². The number of fused-ring (bicyclic) bond motifs is 1. The highest BCUT2D eigenvalue weighted by Gasteiger charge is 2.30. The fourth-order valence-corrected chi connectivity index (χ4v) is 4.17. The molecule has 2 amide bonds. The first-order valence-electron chi connectivity index (χ1n) is 11.5. The largest absolute Gasteiger partial charge is 0.486 e. The van der Waals surface area contributed by atoms with Crippen molar-refractivity contribution < 1.29 is 19.1 Å². The third kappa shape index (κ3) is 7.03. The van der Waals surface area contributed by atoms with Crippen molar-refractivity contribution in [1.82, 2.24) is 10.2 Å². The summed E-state index contributed by atoms with van der Waals surface area (Å²) in [4.78, 5) is 28.2. The van der Waals surface area contributed by atoms with E-state index in [1.807, 2.05) is 52.0 Å². The monoisotopic (exact) mass is 506 g/mol. The summed E-state index contributed by atoms with van der Waals surface area (Å²) in [6.07, 6.45) is 1.25. The molecule has 1 aliphatic rings. The molecule has 0 spiro atoms. The van der Waals surface area contributed by atoms with Gasteiger partial charge in [0.2, 0.25) is 11.8 Å². The number of carbonyl (C=O) groups excluding carboxylic acids is 2. The zero-order valence-electron chi connectivity index (χ0n) is 20.1. The van der Waals surface area contributed by atoms with E-state index in [0.717, 1.165) is 11.1 Å². The van der Waals surface area contributed by atoms with Crippen LogP contribution in [0.5, 0.6) is 11.5 Å². The number of carbonyl (C=O) groups is 2. The Morgan fingerprint density at radius 2 is 1.68 bits per heavy atom. The molecule has 1 unspecified atom stereocenters. The number of halogens is 2. The molecule has 0 saturated carbocycles. The van der Waals surface area contributed by atoms with Crippen molar-refractivity contribution in [2.75, 3.05) is 13.2 Å². The third-order valence-electron chi connectivity index (χ3n) is 5.46. The molecule has 34 heavy (non-hydrogen) atoms. The van der Waals surface area contributed by atoms with Gasteiger partial charge in [-0.25, -0.2) is 0 Å². The number of amides is 2. The van der Waals surface area contributed by atoms with Gasteiger partial charge in [-0.15, -0.1) is 0 Å². The van der Waals surface area contributed by atoms with E-state index in [4.69, 9.17) is 32.7 Å². The summed E-state index contributed by atoms with van der Waals surface area (Å²) in [5.74, 6) is 1.12. The first-order chi connectivity index (χ1) is 16.1. The number of nitrogens with zero attached hydrogens (tertiary/aromatic N) is 1. The van der Waals surface area contributed by atoms with E-state index < -0.39 is 11.6 Å². The Morgan fingerprint density at radius 1 is 1.00 bits per heavy atom. The zero-order chi connectivity index (χ0) is 24.9. The summed E-state index contributed by atoms with van der Waals surface area (Å²) >= 11 is 12.3. The van der Waals surface area contributed by atoms with Crippen molar-refractivity contribution in [3.8, 4) is 11.5 Å². The minimum absolute atomic E-state index is 0.114. The maximum atomic E-state index is 13.5. The predicted molar refractivity (Wildman–Crippen MR) is 135 cm³/mol. The number of aryl methyl sites for hydroxylation is 1. The van der Waals surface area contributed by atoms with Gasteiger partial charge in [0, 0.05) is 18.5 Å². The summed E-state index contributed by atoms with van der Waals surface area (Å²) < 4.78 is 11.2. The highest BCUT2D eigenvalue weighted by molar-refractivity contribution is 6.42. The molecule has 1 atom stereocenters. The molecule has 0 bridgehead atoms. The molecule has 0 radical (unpaired) electrons. The van der Waals surface area contributed by atoms with Crippen molar-refractivity contribution in [3.63, 3.8) is 0 Å². The van der Waals surface area contributed by atoms with Gasteiger partial charge in [-0.2, -0.15) is 0 Å². The lowest BCUT2D eigenvalue weighted by molar-refractivity contribution is -0.142. The molecular formula is C26H32Cl2N2O4. The first-order valence-corrected chi connectivity index (χ1v) is 12.3.